The van der Waals surface area contributed by atoms with E-state index in [4.69, 9.17) is 0 Å². The molecule has 1 atom stereocenters. The molecule has 0 spiro atoms. The van der Waals surface area contributed by atoms with Gasteiger partial charge in [0, 0.05) is 30.9 Å². The second-order valence-corrected chi connectivity index (χ2v) is 6.87. The average molecular weight is 339 g/mol. The van der Waals surface area contributed by atoms with Gasteiger partial charge in [0.1, 0.15) is 5.69 Å². The van der Waals surface area contributed by atoms with Crippen molar-refractivity contribution in [2.45, 2.75) is 26.8 Å². The van der Waals surface area contributed by atoms with Gasteiger partial charge in [0.25, 0.3) is 5.91 Å². The van der Waals surface area contributed by atoms with Crippen LogP contribution in [0.5, 0.6) is 0 Å². The standard InChI is InChI=1S/C20H25N3O2/c1-13-18(15(3)24)14(2)21-19(13)20(25)23-11-10-22(4)12-17(23)16-8-6-5-7-9-16/h5-9,17,21H,10-12H2,1-4H3. The molecule has 3 rings (SSSR count). The maximum absolute atomic E-state index is 13.3. The number of benzene rings is 1. The van der Waals surface area contributed by atoms with Gasteiger partial charge in [0.2, 0.25) is 0 Å². The van der Waals surface area contributed by atoms with Crippen molar-refractivity contribution in [2.75, 3.05) is 26.7 Å². The Balaban J connectivity index is 1.97. The molecule has 5 nitrogen and oxygen atoms in total. The van der Waals surface area contributed by atoms with Crippen LogP contribution in [0.25, 0.3) is 0 Å². The Hall–Kier alpha value is -2.40. The van der Waals surface area contributed by atoms with Crippen molar-refractivity contribution in [2.24, 2.45) is 0 Å². The van der Waals surface area contributed by atoms with Crippen LogP contribution in [-0.2, 0) is 0 Å². The molecule has 2 aromatic rings. The van der Waals surface area contributed by atoms with Gasteiger partial charge >= 0.3 is 0 Å². The summed E-state index contributed by atoms with van der Waals surface area (Å²) in [4.78, 5) is 32.5. The van der Waals surface area contributed by atoms with Crippen molar-refractivity contribution in [1.82, 2.24) is 14.8 Å². The number of amides is 1. The predicted molar refractivity (Wildman–Crippen MR) is 98.0 cm³/mol. The molecule has 1 aromatic heterocycles. The molecule has 2 heterocycles. The van der Waals surface area contributed by atoms with E-state index in [-0.39, 0.29) is 17.7 Å². The molecular weight excluding hydrogens is 314 g/mol. The number of aryl methyl sites for hydroxylation is 1. The Labute approximate surface area is 148 Å². The normalized spacial score (nSPS) is 18.4. The molecule has 1 aliphatic rings. The third-order valence-electron chi connectivity index (χ3n) is 5.03. The number of carbonyl (C=O) groups is 2. The number of likely N-dealkylation sites (N-methyl/N-ethyl adjacent to an activating group) is 1. The van der Waals surface area contributed by atoms with E-state index < -0.39 is 0 Å². The van der Waals surface area contributed by atoms with Crippen LogP contribution in [0.2, 0.25) is 0 Å². The van der Waals surface area contributed by atoms with E-state index in [2.05, 4.69) is 29.1 Å². The summed E-state index contributed by atoms with van der Waals surface area (Å²) in [7, 11) is 2.08. The fourth-order valence-corrected chi connectivity index (χ4v) is 3.76. The van der Waals surface area contributed by atoms with Gasteiger partial charge in [0.05, 0.1) is 6.04 Å². The SMILES string of the molecule is CC(=O)c1c(C)[nH]c(C(=O)N2CCN(C)CC2c2ccccc2)c1C. The molecular formula is C20H25N3O2. The number of aromatic amines is 1. The first-order valence-corrected chi connectivity index (χ1v) is 8.64. The number of carbonyl (C=O) groups excluding carboxylic acids is 2. The quantitative estimate of drug-likeness (QED) is 0.875. The molecule has 132 valence electrons. The first-order chi connectivity index (χ1) is 11.9. The summed E-state index contributed by atoms with van der Waals surface area (Å²) in [5.41, 5.74) is 3.82. The highest BCUT2D eigenvalue weighted by molar-refractivity contribution is 6.02. The van der Waals surface area contributed by atoms with Gasteiger partial charge in [-0.05, 0) is 38.9 Å². The third kappa shape index (κ3) is 3.24. The van der Waals surface area contributed by atoms with E-state index in [0.717, 1.165) is 29.9 Å². The minimum Gasteiger partial charge on any atom is -0.354 e. The molecule has 0 radical (unpaired) electrons. The number of rotatable bonds is 3. The zero-order valence-corrected chi connectivity index (χ0v) is 15.3. The van der Waals surface area contributed by atoms with Crippen LogP contribution in [-0.4, -0.2) is 53.2 Å². The second kappa shape index (κ2) is 6.84. The lowest BCUT2D eigenvalue weighted by Crippen LogP contribution is -2.49. The van der Waals surface area contributed by atoms with Crippen LogP contribution in [0.15, 0.2) is 30.3 Å². The van der Waals surface area contributed by atoms with Gasteiger partial charge < -0.3 is 14.8 Å². The highest BCUT2D eigenvalue weighted by Gasteiger charge is 2.33. The third-order valence-corrected chi connectivity index (χ3v) is 5.03. The molecule has 1 N–H and O–H groups in total. The smallest absolute Gasteiger partial charge is 0.271 e. The van der Waals surface area contributed by atoms with Gasteiger partial charge in [-0.25, -0.2) is 0 Å². The van der Waals surface area contributed by atoms with Gasteiger partial charge in [-0.1, -0.05) is 30.3 Å². The molecule has 1 saturated heterocycles. The van der Waals surface area contributed by atoms with E-state index in [0.29, 0.717) is 17.8 Å². The minimum absolute atomic E-state index is 0.0104. The Bertz CT molecular complexity index is 795. The van der Waals surface area contributed by atoms with Crippen LogP contribution >= 0.6 is 0 Å². The van der Waals surface area contributed by atoms with Gasteiger partial charge in [-0.3, -0.25) is 9.59 Å². The fourth-order valence-electron chi connectivity index (χ4n) is 3.76. The molecule has 1 aliphatic heterocycles. The lowest BCUT2D eigenvalue weighted by atomic mass is 10.0. The van der Waals surface area contributed by atoms with Crippen molar-refractivity contribution in [3.05, 3.63) is 58.4 Å². The van der Waals surface area contributed by atoms with Crippen LogP contribution in [0, 0.1) is 13.8 Å². The Morgan fingerprint density at radius 3 is 2.40 bits per heavy atom. The maximum atomic E-state index is 13.3. The van der Waals surface area contributed by atoms with Gasteiger partial charge in [0.15, 0.2) is 5.78 Å². The monoisotopic (exact) mass is 339 g/mol. The summed E-state index contributed by atoms with van der Waals surface area (Å²) < 4.78 is 0. The average Bonchev–Trinajstić information content (AvgIpc) is 2.89. The number of nitrogens with zero attached hydrogens (tertiary/aromatic N) is 2. The second-order valence-electron chi connectivity index (χ2n) is 6.87. The number of piperazine rings is 1. The van der Waals surface area contributed by atoms with Crippen LogP contribution in [0.3, 0.4) is 0 Å². The summed E-state index contributed by atoms with van der Waals surface area (Å²) in [6.07, 6.45) is 0. The van der Waals surface area contributed by atoms with Crippen molar-refractivity contribution in [3.8, 4) is 0 Å². The predicted octanol–water partition coefficient (Wildman–Crippen LogP) is 2.96. The van der Waals surface area contributed by atoms with Crippen molar-refractivity contribution in [1.29, 1.82) is 0 Å². The number of H-pyrrole nitrogens is 1. The minimum atomic E-state index is -0.0324. The van der Waals surface area contributed by atoms with E-state index in [1.807, 2.05) is 36.9 Å². The van der Waals surface area contributed by atoms with Crippen LogP contribution in [0.4, 0.5) is 0 Å². The Morgan fingerprint density at radius 1 is 1.12 bits per heavy atom. The Kier molecular flexibility index (Phi) is 4.77. The Morgan fingerprint density at radius 2 is 1.80 bits per heavy atom. The largest absolute Gasteiger partial charge is 0.354 e. The maximum Gasteiger partial charge on any atom is 0.271 e. The zero-order chi connectivity index (χ0) is 18.1. The number of nitrogens with one attached hydrogen (secondary N) is 1. The molecule has 1 unspecified atom stereocenters. The van der Waals surface area contributed by atoms with E-state index >= 15 is 0 Å². The first-order valence-electron chi connectivity index (χ1n) is 8.64. The highest BCUT2D eigenvalue weighted by atomic mass is 16.2. The molecule has 25 heavy (non-hydrogen) atoms. The summed E-state index contributed by atoms with van der Waals surface area (Å²) in [6, 6.07) is 10.1. The number of Topliss-reactive ketones (excluding diaryl/α,β-unsaturated/α-hetero) is 1. The number of hydrogen-bond acceptors (Lipinski definition) is 3. The number of ketones is 1. The van der Waals surface area contributed by atoms with Crippen molar-refractivity contribution in [3.63, 3.8) is 0 Å². The molecule has 5 heteroatoms. The molecule has 0 aliphatic carbocycles. The molecule has 0 bridgehead atoms. The topological polar surface area (TPSA) is 56.4 Å². The summed E-state index contributed by atoms with van der Waals surface area (Å²) >= 11 is 0. The van der Waals surface area contributed by atoms with Crippen molar-refractivity contribution >= 4 is 11.7 Å². The van der Waals surface area contributed by atoms with Gasteiger partial charge in [-0.15, -0.1) is 0 Å². The van der Waals surface area contributed by atoms with E-state index in [1.165, 1.54) is 0 Å². The molecule has 1 amide bonds. The van der Waals surface area contributed by atoms with E-state index in [1.54, 1.807) is 6.92 Å². The van der Waals surface area contributed by atoms with Crippen LogP contribution < -0.4 is 0 Å². The fraction of sp³-hybridized carbons (Fsp3) is 0.400. The first kappa shape index (κ1) is 17.4. The molecule has 1 fully saturated rings. The van der Waals surface area contributed by atoms with Crippen LogP contribution in [0.1, 0.15) is 50.6 Å². The summed E-state index contributed by atoms with van der Waals surface area (Å²) in [5, 5.41) is 0. The summed E-state index contributed by atoms with van der Waals surface area (Å²) in [6.45, 7) is 7.55. The number of aromatic nitrogens is 1. The summed E-state index contributed by atoms with van der Waals surface area (Å²) in [5.74, 6) is -0.0432. The zero-order valence-electron chi connectivity index (χ0n) is 15.3. The van der Waals surface area contributed by atoms with Crippen molar-refractivity contribution < 1.29 is 9.59 Å². The van der Waals surface area contributed by atoms with E-state index in [9.17, 15) is 9.59 Å². The lowest BCUT2D eigenvalue weighted by molar-refractivity contribution is 0.0492. The molecule has 0 saturated carbocycles. The molecule has 1 aromatic carbocycles. The number of hydrogen-bond donors (Lipinski definition) is 1. The lowest BCUT2D eigenvalue weighted by Gasteiger charge is -2.40. The van der Waals surface area contributed by atoms with Gasteiger partial charge in [-0.2, -0.15) is 0 Å². The highest BCUT2D eigenvalue weighted by Crippen LogP contribution is 2.28.